The Kier molecular flexibility index (Phi) is 8.34. The minimum absolute atomic E-state index is 0.340. The van der Waals surface area contributed by atoms with Crippen LogP contribution in [0.3, 0.4) is 0 Å². The Morgan fingerprint density at radius 1 is 1.30 bits per heavy atom. The van der Waals surface area contributed by atoms with Crippen molar-refractivity contribution in [1.82, 2.24) is 10.6 Å². The molecule has 0 saturated heterocycles. The molecule has 1 unspecified atom stereocenters. The molecule has 1 saturated carbocycles. The van der Waals surface area contributed by atoms with Crippen molar-refractivity contribution in [2.24, 2.45) is 5.41 Å². The molecular weight excluding hydrogens is 292 g/mol. The molecule has 5 nitrogen and oxygen atoms in total. The lowest BCUT2D eigenvalue weighted by molar-refractivity contribution is 0.0525. The minimum Gasteiger partial charge on any atom is -0.444 e. The number of hydrogen-bond acceptors (Lipinski definition) is 4. The molecule has 1 amide bonds. The highest BCUT2D eigenvalue weighted by molar-refractivity contribution is 5.67. The van der Waals surface area contributed by atoms with Crippen LogP contribution in [0.2, 0.25) is 0 Å². The molecule has 0 bridgehead atoms. The third kappa shape index (κ3) is 8.02. The van der Waals surface area contributed by atoms with E-state index in [4.69, 9.17) is 9.47 Å². The standard InChI is InChI=1S/C18H36N2O3/c1-6-18(10-8-11-18)14-20-15(13-22-5)9-7-12-19-16(21)23-17(2,3)4/h15,20H,6-14H2,1-5H3,(H,19,21). The van der Waals surface area contributed by atoms with E-state index in [1.165, 1.54) is 25.7 Å². The zero-order valence-corrected chi connectivity index (χ0v) is 15.7. The van der Waals surface area contributed by atoms with Gasteiger partial charge in [-0.25, -0.2) is 4.79 Å². The molecular formula is C18H36N2O3. The van der Waals surface area contributed by atoms with Crippen molar-refractivity contribution in [3.8, 4) is 0 Å². The van der Waals surface area contributed by atoms with Gasteiger partial charge in [0.25, 0.3) is 0 Å². The molecule has 0 radical (unpaired) electrons. The van der Waals surface area contributed by atoms with E-state index in [0.717, 1.165) is 19.4 Å². The smallest absolute Gasteiger partial charge is 0.407 e. The summed E-state index contributed by atoms with van der Waals surface area (Å²) in [7, 11) is 1.74. The Morgan fingerprint density at radius 3 is 2.48 bits per heavy atom. The van der Waals surface area contributed by atoms with Crippen LogP contribution in [0.1, 0.15) is 66.2 Å². The number of carbonyl (C=O) groups is 1. The highest BCUT2D eigenvalue weighted by Crippen LogP contribution is 2.43. The number of alkyl carbamates (subject to hydrolysis) is 1. The van der Waals surface area contributed by atoms with E-state index in [9.17, 15) is 4.79 Å². The number of ether oxygens (including phenoxy) is 2. The van der Waals surface area contributed by atoms with Crippen molar-refractivity contribution in [2.75, 3.05) is 26.8 Å². The Hall–Kier alpha value is -0.810. The summed E-state index contributed by atoms with van der Waals surface area (Å²) in [4.78, 5) is 11.6. The average Bonchev–Trinajstić information content (AvgIpc) is 2.40. The second-order valence-corrected chi connectivity index (χ2v) is 7.81. The van der Waals surface area contributed by atoms with E-state index in [2.05, 4.69) is 17.6 Å². The van der Waals surface area contributed by atoms with Gasteiger partial charge < -0.3 is 20.1 Å². The lowest BCUT2D eigenvalue weighted by Crippen LogP contribution is -2.45. The van der Waals surface area contributed by atoms with Crippen molar-refractivity contribution in [2.45, 2.75) is 77.9 Å². The molecule has 1 aliphatic rings. The molecule has 0 aromatic heterocycles. The van der Waals surface area contributed by atoms with E-state index >= 15 is 0 Å². The van der Waals surface area contributed by atoms with Crippen molar-refractivity contribution >= 4 is 6.09 Å². The zero-order valence-electron chi connectivity index (χ0n) is 15.7. The van der Waals surface area contributed by atoms with Crippen LogP contribution in [0.25, 0.3) is 0 Å². The number of nitrogens with one attached hydrogen (secondary N) is 2. The highest BCUT2D eigenvalue weighted by Gasteiger charge is 2.35. The second-order valence-electron chi connectivity index (χ2n) is 7.81. The number of hydrogen-bond donors (Lipinski definition) is 2. The molecule has 23 heavy (non-hydrogen) atoms. The van der Waals surface area contributed by atoms with Crippen molar-refractivity contribution in [1.29, 1.82) is 0 Å². The summed E-state index contributed by atoms with van der Waals surface area (Å²) in [6, 6.07) is 0.351. The number of methoxy groups -OCH3 is 1. The maximum atomic E-state index is 11.6. The zero-order chi connectivity index (χ0) is 17.3. The molecule has 5 heteroatoms. The molecule has 0 aliphatic heterocycles. The summed E-state index contributed by atoms with van der Waals surface area (Å²) in [6.07, 6.45) is 6.87. The summed E-state index contributed by atoms with van der Waals surface area (Å²) in [6.45, 7) is 10.3. The van der Waals surface area contributed by atoms with Crippen LogP contribution in [0.4, 0.5) is 4.79 Å². The number of rotatable bonds is 10. The van der Waals surface area contributed by atoms with Crippen LogP contribution < -0.4 is 10.6 Å². The van der Waals surface area contributed by atoms with Crippen LogP contribution in [0.15, 0.2) is 0 Å². The molecule has 0 spiro atoms. The van der Waals surface area contributed by atoms with E-state index in [0.29, 0.717) is 24.6 Å². The Morgan fingerprint density at radius 2 is 2.00 bits per heavy atom. The molecule has 0 heterocycles. The lowest BCUT2D eigenvalue weighted by atomic mass is 9.67. The van der Waals surface area contributed by atoms with E-state index in [1.807, 2.05) is 20.8 Å². The third-order valence-electron chi connectivity index (χ3n) is 4.70. The highest BCUT2D eigenvalue weighted by atomic mass is 16.6. The molecule has 1 atom stereocenters. The third-order valence-corrected chi connectivity index (χ3v) is 4.70. The SMILES string of the molecule is CCC1(CNC(CCCNC(=O)OC(C)(C)C)COC)CCC1. The quantitative estimate of drug-likeness (QED) is 0.603. The van der Waals surface area contributed by atoms with Crippen LogP contribution in [0, 0.1) is 5.41 Å². The Labute approximate surface area is 141 Å². The minimum atomic E-state index is -0.443. The van der Waals surface area contributed by atoms with Gasteiger partial charge in [-0.3, -0.25) is 0 Å². The van der Waals surface area contributed by atoms with Gasteiger partial charge in [0, 0.05) is 26.2 Å². The molecule has 0 aromatic rings. The van der Waals surface area contributed by atoms with Gasteiger partial charge in [-0.05, 0) is 58.3 Å². The van der Waals surface area contributed by atoms with Crippen molar-refractivity contribution < 1.29 is 14.3 Å². The van der Waals surface area contributed by atoms with Gasteiger partial charge in [-0.15, -0.1) is 0 Å². The first-order chi connectivity index (χ1) is 10.8. The van der Waals surface area contributed by atoms with Gasteiger partial charge in [0.15, 0.2) is 0 Å². The lowest BCUT2D eigenvalue weighted by Gasteiger charge is -2.42. The van der Waals surface area contributed by atoms with Crippen LogP contribution in [-0.4, -0.2) is 44.5 Å². The average molecular weight is 328 g/mol. The maximum Gasteiger partial charge on any atom is 0.407 e. The fraction of sp³-hybridized carbons (Fsp3) is 0.944. The van der Waals surface area contributed by atoms with Crippen molar-refractivity contribution in [3.63, 3.8) is 0 Å². The summed E-state index contributed by atoms with van der Waals surface area (Å²) >= 11 is 0. The fourth-order valence-corrected chi connectivity index (χ4v) is 2.99. The van der Waals surface area contributed by atoms with Crippen LogP contribution in [-0.2, 0) is 9.47 Å². The predicted molar refractivity (Wildman–Crippen MR) is 93.7 cm³/mol. The van der Waals surface area contributed by atoms with Gasteiger partial charge in [-0.1, -0.05) is 13.3 Å². The molecule has 1 rings (SSSR count). The monoisotopic (exact) mass is 328 g/mol. The topological polar surface area (TPSA) is 59.6 Å². The summed E-state index contributed by atoms with van der Waals surface area (Å²) < 4.78 is 10.6. The summed E-state index contributed by atoms with van der Waals surface area (Å²) in [5.74, 6) is 0. The van der Waals surface area contributed by atoms with E-state index in [-0.39, 0.29) is 6.09 Å². The van der Waals surface area contributed by atoms with Gasteiger partial charge in [-0.2, -0.15) is 0 Å². The number of amides is 1. The first kappa shape index (κ1) is 20.2. The van der Waals surface area contributed by atoms with Crippen LogP contribution in [0.5, 0.6) is 0 Å². The molecule has 1 aliphatic carbocycles. The number of carbonyl (C=O) groups excluding carboxylic acids is 1. The van der Waals surface area contributed by atoms with Crippen molar-refractivity contribution in [3.05, 3.63) is 0 Å². The van der Waals surface area contributed by atoms with Crippen LogP contribution >= 0.6 is 0 Å². The molecule has 0 aromatic carbocycles. The Bertz CT molecular complexity index is 343. The summed E-state index contributed by atoms with van der Waals surface area (Å²) in [5, 5.41) is 6.48. The van der Waals surface area contributed by atoms with Gasteiger partial charge in [0.05, 0.1) is 6.61 Å². The summed E-state index contributed by atoms with van der Waals surface area (Å²) in [5.41, 5.74) is 0.0717. The van der Waals surface area contributed by atoms with Gasteiger partial charge in [0.1, 0.15) is 5.60 Å². The first-order valence-corrected chi connectivity index (χ1v) is 8.99. The predicted octanol–water partition coefficient (Wildman–Crippen LogP) is 3.48. The fourth-order valence-electron chi connectivity index (χ4n) is 2.99. The van der Waals surface area contributed by atoms with Gasteiger partial charge in [0.2, 0.25) is 0 Å². The van der Waals surface area contributed by atoms with E-state index in [1.54, 1.807) is 7.11 Å². The first-order valence-electron chi connectivity index (χ1n) is 8.99. The normalized spacial score (nSPS) is 18.1. The Balaban J connectivity index is 2.21. The molecule has 1 fully saturated rings. The molecule has 2 N–H and O–H groups in total. The maximum absolute atomic E-state index is 11.6. The second kappa shape index (κ2) is 9.48. The van der Waals surface area contributed by atoms with E-state index < -0.39 is 5.60 Å². The van der Waals surface area contributed by atoms with Gasteiger partial charge >= 0.3 is 6.09 Å². The molecule has 136 valence electrons. The largest absolute Gasteiger partial charge is 0.444 e.